The van der Waals surface area contributed by atoms with Gasteiger partial charge in [-0.15, -0.1) is 0 Å². The zero-order valence-electron chi connectivity index (χ0n) is 23.3. The van der Waals surface area contributed by atoms with Crippen LogP contribution in [0.2, 0.25) is 10.0 Å². The van der Waals surface area contributed by atoms with Crippen molar-refractivity contribution in [1.29, 1.82) is 0 Å². The predicted octanol–water partition coefficient (Wildman–Crippen LogP) is 4.80. The Morgan fingerprint density at radius 2 is 1.79 bits per heavy atom. The van der Waals surface area contributed by atoms with E-state index in [1.54, 1.807) is 45.2 Å². The molecule has 222 valence electrons. The first-order valence-corrected chi connectivity index (χ1v) is 14.1. The highest BCUT2D eigenvalue weighted by atomic mass is 35.5. The van der Waals surface area contributed by atoms with Crippen molar-refractivity contribution in [1.82, 2.24) is 23.9 Å². The molecule has 5 aromatic rings. The maximum atomic E-state index is 14.4. The van der Waals surface area contributed by atoms with E-state index < -0.39 is 33.5 Å². The topological polar surface area (TPSA) is 104 Å². The van der Waals surface area contributed by atoms with Gasteiger partial charge in [0.05, 0.1) is 35.8 Å². The SMILES string of the molecule is Cn1cnc(Cn2c(=O)c3c4c(c(-c5cc(C(C)(C)O)ccc5Cl)cc3n(Cc3cc(F)c(F)c(Cl)c3)c2=O)CCO4)n1. The van der Waals surface area contributed by atoms with Crippen LogP contribution in [-0.4, -0.2) is 35.6 Å². The largest absolute Gasteiger partial charge is 0.492 e. The van der Waals surface area contributed by atoms with Crippen molar-refractivity contribution in [3.05, 3.63) is 108 Å². The molecule has 3 aromatic carbocycles. The molecule has 43 heavy (non-hydrogen) atoms. The third kappa shape index (κ3) is 5.11. The Hall–Kier alpha value is -4.06. The van der Waals surface area contributed by atoms with Gasteiger partial charge in [0.1, 0.15) is 17.5 Å². The number of benzene rings is 3. The molecule has 0 saturated heterocycles. The van der Waals surface area contributed by atoms with Gasteiger partial charge in [0, 0.05) is 29.6 Å². The molecule has 0 radical (unpaired) electrons. The molecule has 0 atom stereocenters. The lowest BCUT2D eigenvalue weighted by molar-refractivity contribution is 0.0786. The third-order valence-electron chi connectivity index (χ3n) is 7.47. The van der Waals surface area contributed by atoms with Crippen LogP contribution in [0.1, 0.15) is 36.4 Å². The number of halogens is 4. The van der Waals surface area contributed by atoms with E-state index in [2.05, 4.69) is 10.1 Å². The van der Waals surface area contributed by atoms with Gasteiger partial charge in [-0.3, -0.25) is 18.6 Å². The zero-order chi connectivity index (χ0) is 30.8. The normalized spacial score (nSPS) is 13.0. The minimum atomic E-state index is -1.20. The lowest BCUT2D eigenvalue weighted by atomic mass is 9.91. The fourth-order valence-electron chi connectivity index (χ4n) is 5.36. The summed E-state index contributed by atoms with van der Waals surface area (Å²) in [4.78, 5) is 32.2. The molecule has 13 heteroatoms. The lowest BCUT2D eigenvalue weighted by Gasteiger charge is -2.21. The van der Waals surface area contributed by atoms with E-state index in [0.29, 0.717) is 39.4 Å². The molecule has 6 rings (SSSR count). The molecule has 1 N–H and O–H groups in total. The van der Waals surface area contributed by atoms with Gasteiger partial charge in [0.15, 0.2) is 17.5 Å². The van der Waals surface area contributed by atoms with Crippen LogP contribution >= 0.6 is 23.2 Å². The average molecular weight is 628 g/mol. The van der Waals surface area contributed by atoms with Crippen LogP contribution in [-0.2, 0) is 32.2 Å². The fourth-order valence-corrected chi connectivity index (χ4v) is 5.81. The first-order valence-electron chi connectivity index (χ1n) is 13.3. The highest BCUT2D eigenvalue weighted by Crippen LogP contribution is 2.43. The van der Waals surface area contributed by atoms with Crippen LogP contribution in [0.15, 0.2) is 52.3 Å². The second-order valence-corrected chi connectivity index (χ2v) is 11.8. The molecule has 0 spiro atoms. The fraction of sp³-hybridized carbons (Fsp3) is 0.267. The number of aromatic nitrogens is 5. The molecular weight excluding hydrogens is 603 g/mol. The van der Waals surface area contributed by atoms with Gasteiger partial charge in [-0.1, -0.05) is 29.3 Å². The van der Waals surface area contributed by atoms with Gasteiger partial charge in [0.25, 0.3) is 5.56 Å². The third-order valence-corrected chi connectivity index (χ3v) is 8.07. The van der Waals surface area contributed by atoms with E-state index in [4.69, 9.17) is 27.9 Å². The van der Waals surface area contributed by atoms with Crippen LogP contribution in [0.25, 0.3) is 22.0 Å². The van der Waals surface area contributed by atoms with Crippen molar-refractivity contribution >= 4 is 34.1 Å². The van der Waals surface area contributed by atoms with E-state index in [1.807, 2.05) is 0 Å². The summed E-state index contributed by atoms with van der Waals surface area (Å²) < 4.78 is 38.1. The lowest BCUT2D eigenvalue weighted by Crippen LogP contribution is -2.41. The molecule has 0 amide bonds. The summed E-state index contributed by atoms with van der Waals surface area (Å²) in [6.45, 7) is 3.10. The van der Waals surface area contributed by atoms with Crippen molar-refractivity contribution in [3.8, 4) is 16.9 Å². The van der Waals surface area contributed by atoms with Gasteiger partial charge in [-0.25, -0.2) is 18.6 Å². The Labute approximate surface area is 253 Å². The number of hydrogen-bond acceptors (Lipinski definition) is 6. The monoisotopic (exact) mass is 627 g/mol. The van der Waals surface area contributed by atoms with Gasteiger partial charge in [0.2, 0.25) is 0 Å². The smallest absolute Gasteiger partial charge is 0.332 e. The summed E-state index contributed by atoms with van der Waals surface area (Å²) >= 11 is 12.6. The Kier molecular flexibility index (Phi) is 7.15. The summed E-state index contributed by atoms with van der Waals surface area (Å²) in [5, 5.41) is 15.0. The van der Waals surface area contributed by atoms with Crippen LogP contribution in [0.5, 0.6) is 5.75 Å². The standard InChI is InChI=1S/C30H25Cl2F2N5O4/c1-30(2,42)16-4-5-20(31)19(10-16)18-11-23-25(27-17(18)6-7-43-27)28(40)39(13-24-35-14-37(3)36-24)29(41)38(23)12-15-8-21(32)26(34)22(33)9-15/h4-5,8-11,14,42H,6-7,12-13H2,1-3H3. The van der Waals surface area contributed by atoms with Crippen molar-refractivity contribution in [2.24, 2.45) is 7.05 Å². The van der Waals surface area contributed by atoms with E-state index in [-0.39, 0.29) is 42.0 Å². The number of fused-ring (bicyclic) bond motifs is 3. The predicted molar refractivity (Wildman–Crippen MR) is 158 cm³/mol. The maximum absolute atomic E-state index is 14.4. The molecule has 3 heterocycles. The van der Waals surface area contributed by atoms with Crippen LogP contribution in [0, 0.1) is 11.6 Å². The second-order valence-electron chi connectivity index (χ2n) is 10.9. The number of ether oxygens (including phenoxy) is 1. The average Bonchev–Trinajstić information content (AvgIpc) is 3.60. The number of nitrogens with zero attached hydrogens (tertiary/aromatic N) is 5. The molecule has 0 bridgehead atoms. The zero-order valence-corrected chi connectivity index (χ0v) is 24.8. The quantitative estimate of drug-likeness (QED) is 0.271. The Balaban J connectivity index is 1.68. The molecule has 0 aliphatic carbocycles. The van der Waals surface area contributed by atoms with Crippen LogP contribution in [0.3, 0.4) is 0 Å². The summed E-state index contributed by atoms with van der Waals surface area (Å²) in [5.74, 6) is -1.86. The van der Waals surface area contributed by atoms with E-state index in [0.717, 1.165) is 10.6 Å². The maximum Gasteiger partial charge on any atom is 0.332 e. The van der Waals surface area contributed by atoms with Gasteiger partial charge in [-0.05, 0) is 60.9 Å². The van der Waals surface area contributed by atoms with Gasteiger partial charge in [-0.2, -0.15) is 5.10 Å². The van der Waals surface area contributed by atoms with E-state index in [1.165, 1.54) is 21.6 Å². The Morgan fingerprint density at radius 3 is 2.47 bits per heavy atom. The first-order chi connectivity index (χ1) is 20.3. The minimum Gasteiger partial charge on any atom is -0.492 e. The molecule has 0 fully saturated rings. The van der Waals surface area contributed by atoms with E-state index >= 15 is 0 Å². The van der Waals surface area contributed by atoms with Crippen molar-refractivity contribution in [2.75, 3.05) is 6.61 Å². The molecule has 1 aliphatic heterocycles. The van der Waals surface area contributed by atoms with Crippen molar-refractivity contribution < 1.29 is 18.6 Å². The summed E-state index contributed by atoms with van der Waals surface area (Å²) in [6.07, 6.45) is 1.91. The highest BCUT2D eigenvalue weighted by Gasteiger charge is 2.28. The highest BCUT2D eigenvalue weighted by molar-refractivity contribution is 6.33. The van der Waals surface area contributed by atoms with Crippen LogP contribution < -0.4 is 16.0 Å². The van der Waals surface area contributed by atoms with E-state index in [9.17, 15) is 23.5 Å². The molecule has 9 nitrogen and oxygen atoms in total. The number of aryl methyl sites for hydroxylation is 1. The summed E-state index contributed by atoms with van der Waals surface area (Å²) in [6, 6.07) is 8.99. The molecule has 0 unspecified atom stereocenters. The molecular formula is C30H25Cl2F2N5O4. The Bertz CT molecular complexity index is 2040. The second kappa shape index (κ2) is 10.6. The summed E-state index contributed by atoms with van der Waals surface area (Å²) in [7, 11) is 1.66. The Morgan fingerprint density at radius 1 is 1.02 bits per heavy atom. The first kappa shape index (κ1) is 29.0. The molecule has 2 aromatic heterocycles. The molecule has 0 saturated carbocycles. The van der Waals surface area contributed by atoms with Crippen molar-refractivity contribution in [3.63, 3.8) is 0 Å². The van der Waals surface area contributed by atoms with Crippen molar-refractivity contribution in [2.45, 2.75) is 39.0 Å². The van der Waals surface area contributed by atoms with Gasteiger partial charge < -0.3 is 9.84 Å². The number of aliphatic hydroxyl groups is 1. The number of rotatable bonds is 6. The summed E-state index contributed by atoms with van der Waals surface area (Å²) in [5.41, 5.74) is 0.364. The number of hydrogen-bond donors (Lipinski definition) is 1. The molecule has 1 aliphatic rings. The minimum absolute atomic E-state index is 0.134. The van der Waals surface area contributed by atoms with Gasteiger partial charge >= 0.3 is 5.69 Å². The van der Waals surface area contributed by atoms with Crippen LogP contribution in [0.4, 0.5) is 8.78 Å².